The molecule has 3 nitrogen and oxygen atoms in total. The number of phenolic OH excluding ortho intramolecular Hbond substituents is 1. The molecule has 3 aromatic carbocycles. The van der Waals surface area contributed by atoms with Gasteiger partial charge in [-0.3, -0.25) is 0 Å². The van der Waals surface area contributed by atoms with Crippen molar-refractivity contribution in [2.75, 3.05) is 0 Å². The third kappa shape index (κ3) is 1.33. The Labute approximate surface area is 115 Å². The largest absolute Gasteiger partial charge is 0.507 e. The molecule has 0 bridgehead atoms. The second-order valence-corrected chi connectivity index (χ2v) is 4.71. The van der Waals surface area contributed by atoms with Gasteiger partial charge in [0.1, 0.15) is 17.2 Å². The molecule has 1 aliphatic heterocycles. The smallest absolute Gasteiger partial charge is 0.190 e. The third-order valence-corrected chi connectivity index (χ3v) is 3.58. The quantitative estimate of drug-likeness (QED) is 0.457. The first kappa shape index (κ1) is 10.9. The maximum atomic E-state index is 9.97. The van der Waals surface area contributed by atoms with Gasteiger partial charge in [-0.25, -0.2) is 4.85 Å². The van der Waals surface area contributed by atoms with Crippen LogP contribution in [-0.4, -0.2) is 5.11 Å². The zero-order valence-electron chi connectivity index (χ0n) is 10.4. The van der Waals surface area contributed by atoms with Gasteiger partial charge in [-0.05, 0) is 23.8 Å². The van der Waals surface area contributed by atoms with Crippen molar-refractivity contribution in [3.8, 4) is 28.4 Å². The predicted molar refractivity (Wildman–Crippen MR) is 77.4 cm³/mol. The molecule has 0 aliphatic carbocycles. The standard InChI is InChI=1S/C17H9NO2/c1-18-10-5-6-11-12-3-2-4-13-14(19)7-8-15(17(12)13)20-16(11)9-10/h2-9,19H. The molecule has 0 saturated heterocycles. The summed E-state index contributed by atoms with van der Waals surface area (Å²) in [6.07, 6.45) is 0. The van der Waals surface area contributed by atoms with Gasteiger partial charge < -0.3 is 9.84 Å². The van der Waals surface area contributed by atoms with Crippen LogP contribution in [0.2, 0.25) is 0 Å². The lowest BCUT2D eigenvalue weighted by molar-refractivity contribution is 0.472. The van der Waals surface area contributed by atoms with Crippen LogP contribution in [0.1, 0.15) is 0 Å². The summed E-state index contributed by atoms with van der Waals surface area (Å²) in [7, 11) is 0. The Morgan fingerprint density at radius 2 is 1.85 bits per heavy atom. The summed E-state index contributed by atoms with van der Waals surface area (Å²) in [5.41, 5.74) is 2.52. The first-order valence-electron chi connectivity index (χ1n) is 6.22. The molecule has 0 fully saturated rings. The molecular weight excluding hydrogens is 250 g/mol. The van der Waals surface area contributed by atoms with E-state index in [-0.39, 0.29) is 5.75 Å². The van der Waals surface area contributed by atoms with E-state index in [0.29, 0.717) is 17.2 Å². The number of benzene rings is 3. The topological polar surface area (TPSA) is 33.8 Å². The number of fused-ring (bicyclic) bond motifs is 2. The zero-order valence-corrected chi connectivity index (χ0v) is 10.4. The van der Waals surface area contributed by atoms with Crippen molar-refractivity contribution in [1.29, 1.82) is 0 Å². The normalized spacial score (nSPS) is 11.6. The monoisotopic (exact) mass is 259 g/mol. The molecule has 0 amide bonds. The Balaban J connectivity index is 2.13. The molecule has 3 heteroatoms. The number of hydrogen-bond acceptors (Lipinski definition) is 2. The van der Waals surface area contributed by atoms with Crippen LogP contribution < -0.4 is 4.74 Å². The maximum Gasteiger partial charge on any atom is 0.190 e. The highest BCUT2D eigenvalue weighted by atomic mass is 16.5. The molecule has 0 unspecified atom stereocenters. The molecule has 1 aliphatic rings. The highest BCUT2D eigenvalue weighted by molar-refractivity contribution is 6.06. The van der Waals surface area contributed by atoms with Crippen LogP contribution in [-0.2, 0) is 0 Å². The molecular formula is C17H9NO2. The van der Waals surface area contributed by atoms with E-state index in [9.17, 15) is 5.11 Å². The van der Waals surface area contributed by atoms with Crippen molar-refractivity contribution < 1.29 is 9.84 Å². The molecule has 1 N–H and O–H groups in total. The number of aromatic hydroxyl groups is 1. The molecule has 0 aromatic heterocycles. The fraction of sp³-hybridized carbons (Fsp3) is 0. The zero-order chi connectivity index (χ0) is 13.7. The van der Waals surface area contributed by atoms with Crippen molar-refractivity contribution >= 4 is 16.5 Å². The summed E-state index contributed by atoms with van der Waals surface area (Å²) >= 11 is 0. The molecule has 0 spiro atoms. The molecule has 0 atom stereocenters. The molecule has 0 radical (unpaired) electrons. The summed E-state index contributed by atoms with van der Waals surface area (Å²) in [5, 5.41) is 11.7. The Hall–Kier alpha value is -2.99. The Morgan fingerprint density at radius 1 is 0.950 bits per heavy atom. The summed E-state index contributed by atoms with van der Waals surface area (Å²) < 4.78 is 5.89. The molecule has 0 saturated carbocycles. The average molecular weight is 259 g/mol. The summed E-state index contributed by atoms with van der Waals surface area (Å²) in [6.45, 7) is 7.09. The predicted octanol–water partition coefficient (Wildman–Crippen LogP) is 4.87. The number of phenols is 1. The van der Waals surface area contributed by atoms with Crippen molar-refractivity contribution in [3.63, 3.8) is 0 Å². The first-order valence-corrected chi connectivity index (χ1v) is 6.22. The lowest BCUT2D eigenvalue weighted by Gasteiger charge is -2.21. The van der Waals surface area contributed by atoms with Crippen LogP contribution in [0, 0.1) is 6.57 Å². The van der Waals surface area contributed by atoms with Crippen molar-refractivity contribution in [2.24, 2.45) is 0 Å². The summed E-state index contributed by atoms with van der Waals surface area (Å²) in [4.78, 5) is 3.43. The lowest BCUT2D eigenvalue weighted by atomic mass is 9.94. The second kappa shape index (κ2) is 3.75. The fourth-order valence-electron chi connectivity index (χ4n) is 2.67. The van der Waals surface area contributed by atoms with Crippen molar-refractivity contribution in [3.05, 3.63) is 59.9 Å². The summed E-state index contributed by atoms with van der Waals surface area (Å²) in [5.74, 6) is 1.64. The van der Waals surface area contributed by atoms with E-state index in [2.05, 4.69) is 4.85 Å². The Bertz CT molecular complexity index is 907. The van der Waals surface area contributed by atoms with Crippen LogP contribution in [0.25, 0.3) is 26.7 Å². The average Bonchev–Trinajstić information content (AvgIpc) is 2.50. The van der Waals surface area contributed by atoms with Crippen LogP contribution in [0.15, 0.2) is 48.5 Å². The highest BCUT2D eigenvalue weighted by Crippen LogP contribution is 2.48. The van der Waals surface area contributed by atoms with Gasteiger partial charge in [0, 0.05) is 16.3 Å². The number of ether oxygens (including phenoxy) is 1. The van der Waals surface area contributed by atoms with E-state index in [0.717, 1.165) is 21.9 Å². The van der Waals surface area contributed by atoms with E-state index in [4.69, 9.17) is 11.3 Å². The van der Waals surface area contributed by atoms with Gasteiger partial charge in [-0.2, -0.15) is 0 Å². The van der Waals surface area contributed by atoms with Gasteiger partial charge >= 0.3 is 0 Å². The molecule has 94 valence electrons. The summed E-state index contributed by atoms with van der Waals surface area (Å²) in [6, 6.07) is 14.6. The lowest BCUT2D eigenvalue weighted by Crippen LogP contribution is -1.96. The maximum absolute atomic E-state index is 9.97. The molecule has 4 rings (SSSR count). The van der Waals surface area contributed by atoms with E-state index in [1.165, 1.54) is 0 Å². The fourth-order valence-corrected chi connectivity index (χ4v) is 2.67. The van der Waals surface area contributed by atoms with Gasteiger partial charge in [0.25, 0.3) is 0 Å². The van der Waals surface area contributed by atoms with E-state index in [1.807, 2.05) is 24.3 Å². The highest BCUT2D eigenvalue weighted by Gasteiger charge is 2.21. The Morgan fingerprint density at radius 3 is 2.70 bits per heavy atom. The number of nitrogens with zero attached hydrogens (tertiary/aromatic N) is 1. The number of rotatable bonds is 0. The van der Waals surface area contributed by atoms with Crippen LogP contribution >= 0.6 is 0 Å². The SMILES string of the molecule is [C-]#[N+]c1ccc2c(c1)Oc1ccc(O)c3cccc-2c13. The van der Waals surface area contributed by atoms with Gasteiger partial charge in [0.2, 0.25) is 0 Å². The minimum absolute atomic E-state index is 0.246. The van der Waals surface area contributed by atoms with E-state index in [1.54, 1.807) is 24.3 Å². The molecule has 1 heterocycles. The van der Waals surface area contributed by atoms with Gasteiger partial charge in [0.05, 0.1) is 6.57 Å². The van der Waals surface area contributed by atoms with Gasteiger partial charge in [0.15, 0.2) is 5.69 Å². The minimum atomic E-state index is 0.246. The van der Waals surface area contributed by atoms with Gasteiger partial charge in [-0.1, -0.05) is 30.3 Å². The Kier molecular flexibility index (Phi) is 2.04. The van der Waals surface area contributed by atoms with Crippen molar-refractivity contribution in [2.45, 2.75) is 0 Å². The molecule has 3 aromatic rings. The van der Waals surface area contributed by atoms with E-state index >= 15 is 0 Å². The number of hydrogen-bond donors (Lipinski definition) is 1. The first-order chi connectivity index (χ1) is 9.78. The minimum Gasteiger partial charge on any atom is -0.507 e. The van der Waals surface area contributed by atoms with Crippen molar-refractivity contribution in [1.82, 2.24) is 0 Å². The van der Waals surface area contributed by atoms with Crippen LogP contribution in [0.4, 0.5) is 5.69 Å². The molecule has 20 heavy (non-hydrogen) atoms. The van der Waals surface area contributed by atoms with E-state index < -0.39 is 0 Å². The third-order valence-electron chi connectivity index (χ3n) is 3.58. The second-order valence-electron chi connectivity index (χ2n) is 4.71. The van der Waals surface area contributed by atoms with Crippen LogP contribution in [0.5, 0.6) is 17.2 Å². The van der Waals surface area contributed by atoms with Crippen LogP contribution in [0.3, 0.4) is 0 Å². The van der Waals surface area contributed by atoms with Gasteiger partial charge in [-0.15, -0.1) is 0 Å².